The van der Waals surface area contributed by atoms with Crippen LogP contribution in [0.4, 0.5) is 5.82 Å². The van der Waals surface area contributed by atoms with Crippen molar-refractivity contribution in [2.75, 3.05) is 32.0 Å². The third kappa shape index (κ3) is 3.18. The highest BCUT2D eigenvalue weighted by molar-refractivity contribution is 5.89. The maximum atomic E-state index is 12.2. The molecule has 6 heteroatoms. The Hall–Kier alpha value is -2.21. The maximum absolute atomic E-state index is 12.2. The predicted octanol–water partition coefficient (Wildman–Crippen LogP) is 2.05. The van der Waals surface area contributed by atoms with Crippen molar-refractivity contribution in [1.29, 1.82) is 0 Å². The van der Waals surface area contributed by atoms with E-state index >= 15 is 0 Å². The molecule has 4 rings (SSSR count). The molecule has 6 nitrogen and oxygen atoms in total. The number of rotatable bonds is 3. The molecule has 2 aliphatic heterocycles. The van der Waals surface area contributed by atoms with Gasteiger partial charge in [0.1, 0.15) is 12.1 Å². The van der Waals surface area contributed by atoms with Crippen molar-refractivity contribution in [2.45, 2.75) is 38.3 Å². The number of anilines is 1. The molecule has 1 atom stereocenters. The molecule has 0 saturated carbocycles. The number of aryl methyl sites for hydroxylation is 1. The Kier molecular flexibility index (Phi) is 4.29. The summed E-state index contributed by atoms with van der Waals surface area (Å²) in [7, 11) is 1.90. The molecule has 0 radical (unpaired) electrons. The van der Waals surface area contributed by atoms with Crippen molar-refractivity contribution in [3.05, 3.63) is 30.1 Å². The van der Waals surface area contributed by atoms with E-state index in [-0.39, 0.29) is 11.9 Å². The summed E-state index contributed by atoms with van der Waals surface area (Å²) in [6.07, 6.45) is 4.65. The van der Waals surface area contributed by atoms with Gasteiger partial charge < -0.3 is 10.2 Å². The summed E-state index contributed by atoms with van der Waals surface area (Å²) in [5.74, 6) is 1.20. The van der Waals surface area contributed by atoms with Gasteiger partial charge >= 0.3 is 0 Å². The van der Waals surface area contributed by atoms with Gasteiger partial charge in [-0.2, -0.15) is 0 Å². The van der Waals surface area contributed by atoms with Gasteiger partial charge in [0.2, 0.25) is 5.91 Å². The van der Waals surface area contributed by atoms with E-state index in [4.69, 9.17) is 0 Å². The van der Waals surface area contributed by atoms with E-state index < -0.39 is 0 Å². The fourth-order valence-electron chi connectivity index (χ4n) is 3.98. The van der Waals surface area contributed by atoms with E-state index in [1.165, 1.54) is 5.56 Å². The highest BCUT2D eigenvalue weighted by Gasteiger charge is 2.35. The van der Waals surface area contributed by atoms with Gasteiger partial charge in [0.05, 0.1) is 11.6 Å². The molecule has 2 aliphatic rings. The first-order valence-electron chi connectivity index (χ1n) is 9.09. The van der Waals surface area contributed by atoms with Crippen LogP contribution in [-0.2, 0) is 4.79 Å². The van der Waals surface area contributed by atoms with E-state index in [0.29, 0.717) is 6.04 Å². The summed E-state index contributed by atoms with van der Waals surface area (Å²) in [4.78, 5) is 25.2. The first-order chi connectivity index (χ1) is 12.1. The standard InChI is InChI=1S/C19H25N5O/c1-13-3-4-16-15(11-13)18(21-12-20-16)22-14-5-9-24(10-6-14)17-7-8-23(2)19(17)25/h3-4,11-12,14,17H,5-10H2,1-2H3,(H,20,21,22). The number of nitrogens with zero attached hydrogens (tertiary/aromatic N) is 4. The van der Waals surface area contributed by atoms with Crippen LogP contribution in [0.1, 0.15) is 24.8 Å². The number of likely N-dealkylation sites (N-methyl/N-ethyl adjacent to an activating group) is 1. The Balaban J connectivity index is 1.42. The number of amides is 1. The lowest BCUT2D eigenvalue weighted by atomic mass is 10.0. The van der Waals surface area contributed by atoms with E-state index in [9.17, 15) is 4.79 Å². The van der Waals surface area contributed by atoms with Crippen LogP contribution >= 0.6 is 0 Å². The molecule has 2 saturated heterocycles. The van der Waals surface area contributed by atoms with Crippen LogP contribution in [0.15, 0.2) is 24.5 Å². The Morgan fingerprint density at radius 2 is 1.92 bits per heavy atom. The normalized spacial score (nSPS) is 22.7. The van der Waals surface area contributed by atoms with Gasteiger partial charge in [-0.25, -0.2) is 9.97 Å². The SMILES string of the molecule is Cc1ccc2ncnc(NC3CCN(C4CCN(C)C4=O)CC3)c2c1. The molecule has 1 aromatic heterocycles. The lowest BCUT2D eigenvalue weighted by molar-refractivity contribution is -0.131. The second-order valence-corrected chi connectivity index (χ2v) is 7.26. The van der Waals surface area contributed by atoms with Gasteiger partial charge in [0.25, 0.3) is 0 Å². The number of hydrogen-bond donors (Lipinski definition) is 1. The second-order valence-electron chi connectivity index (χ2n) is 7.26. The van der Waals surface area contributed by atoms with Crippen LogP contribution in [0.3, 0.4) is 0 Å². The number of nitrogens with one attached hydrogen (secondary N) is 1. The van der Waals surface area contributed by atoms with Crippen molar-refractivity contribution < 1.29 is 4.79 Å². The number of piperidine rings is 1. The van der Waals surface area contributed by atoms with E-state index in [1.54, 1.807) is 6.33 Å². The number of likely N-dealkylation sites (tertiary alicyclic amines) is 2. The molecule has 3 heterocycles. The zero-order valence-electron chi connectivity index (χ0n) is 14.9. The van der Waals surface area contributed by atoms with Crippen LogP contribution in [0.5, 0.6) is 0 Å². The van der Waals surface area contributed by atoms with Crippen LogP contribution in [-0.4, -0.2) is 64.4 Å². The predicted molar refractivity (Wildman–Crippen MR) is 98.5 cm³/mol. The second kappa shape index (κ2) is 6.59. The van der Waals surface area contributed by atoms with E-state index in [0.717, 1.165) is 55.6 Å². The molecule has 0 bridgehead atoms. The summed E-state index contributed by atoms with van der Waals surface area (Å²) < 4.78 is 0. The van der Waals surface area contributed by atoms with Crippen LogP contribution in [0, 0.1) is 6.92 Å². The first-order valence-corrected chi connectivity index (χ1v) is 9.09. The third-order valence-corrected chi connectivity index (χ3v) is 5.50. The van der Waals surface area contributed by atoms with Gasteiger partial charge in [-0.3, -0.25) is 9.69 Å². The Bertz CT molecular complexity index is 784. The number of hydrogen-bond acceptors (Lipinski definition) is 5. The van der Waals surface area contributed by atoms with Gasteiger partial charge in [-0.15, -0.1) is 0 Å². The van der Waals surface area contributed by atoms with Gasteiger partial charge in [0, 0.05) is 38.1 Å². The lowest BCUT2D eigenvalue weighted by Crippen LogP contribution is -2.47. The van der Waals surface area contributed by atoms with Crippen molar-refractivity contribution in [3.63, 3.8) is 0 Å². The Morgan fingerprint density at radius 3 is 2.64 bits per heavy atom. The van der Waals surface area contributed by atoms with Gasteiger partial charge in [-0.1, -0.05) is 11.6 Å². The number of fused-ring (bicyclic) bond motifs is 1. The number of aromatic nitrogens is 2. The average Bonchev–Trinajstić information content (AvgIpc) is 2.95. The third-order valence-electron chi connectivity index (χ3n) is 5.50. The van der Waals surface area contributed by atoms with Gasteiger partial charge in [-0.05, 0) is 38.3 Å². The van der Waals surface area contributed by atoms with Crippen LogP contribution < -0.4 is 5.32 Å². The summed E-state index contributed by atoms with van der Waals surface area (Å²) in [6.45, 7) is 4.90. The summed E-state index contributed by atoms with van der Waals surface area (Å²) >= 11 is 0. The Morgan fingerprint density at radius 1 is 1.12 bits per heavy atom. The quantitative estimate of drug-likeness (QED) is 0.927. The minimum atomic E-state index is 0.0912. The highest BCUT2D eigenvalue weighted by Crippen LogP contribution is 2.25. The fraction of sp³-hybridized carbons (Fsp3) is 0.526. The lowest BCUT2D eigenvalue weighted by Gasteiger charge is -2.35. The average molecular weight is 339 g/mol. The molecule has 2 fully saturated rings. The zero-order chi connectivity index (χ0) is 17.4. The van der Waals surface area contributed by atoms with Crippen LogP contribution in [0.2, 0.25) is 0 Å². The number of benzene rings is 1. The molecule has 1 unspecified atom stereocenters. The van der Waals surface area contributed by atoms with Gasteiger partial charge in [0.15, 0.2) is 0 Å². The maximum Gasteiger partial charge on any atom is 0.239 e. The zero-order valence-corrected chi connectivity index (χ0v) is 14.9. The molecule has 1 amide bonds. The topological polar surface area (TPSA) is 61.4 Å². The molecular formula is C19H25N5O. The molecule has 0 spiro atoms. The smallest absolute Gasteiger partial charge is 0.239 e. The summed E-state index contributed by atoms with van der Waals surface area (Å²) in [5.41, 5.74) is 2.18. The Labute approximate surface area is 148 Å². The van der Waals surface area contributed by atoms with Crippen LogP contribution in [0.25, 0.3) is 10.9 Å². The highest BCUT2D eigenvalue weighted by atomic mass is 16.2. The van der Waals surface area contributed by atoms with Crippen molar-refractivity contribution in [1.82, 2.24) is 19.8 Å². The molecule has 0 aliphatic carbocycles. The van der Waals surface area contributed by atoms with E-state index in [1.807, 2.05) is 18.0 Å². The van der Waals surface area contributed by atoms with Crippen molar-refractivity contribution in [2.24, 2.45) is 0 Å². The molecule has 25 heavy (non-hydrogen) atoms. The van der Waals surface area contributed by atoms with Crippen molar-refractivity contribution in [3.8, 4) is 0 Å². The largest absolute Gasteiger partial charge is 0.367 e. The van der Waals surface area contributed by atoms with E-state index in [2.05, 4.69) is 39.2 Å². The summed E-state index contributed by atoms with van der Waals surface area (Å²) in [5, 5.41) is 4.69. The molecule has 132 valence electrons. The minimum Gasteiger partial charge on any atom is -0.367 e. The molecular weight excluding hydrogens is 314 g/mol. The fourth-order valence-corrected chi connectivity index (χ4v) is 3.98. The molecule has 1 aromatic carbocycles. The number of carbonyl (C=O) groups excluding carboxylic acids is 1. The molecule has 2 aromatic rings. The van der Waals surface area contributed by atoms with Crippen molar-refractivity contribution >= 4 is 22.6 Å². The monoisotopic (exact) mass is 339 g/mol. The minimum absolute atomic E-state index is 0.0912. The summed E-state index contributed by atoms with van der Waals surface area (Å²) in [6, 6.07) is 6.74. The number of carbonyl (C=O) groups is 1. The molecule has 1 N–H and O–H groups in total. The first kappa shape index (κ1) is 16.3.